The molecule has 2 heterocycles. The van der Waals surface area contributed by atoms with Crippen molar-refractivity contribution in [3.05, 3.63) is 51.4 Å². The number of amides is 1. The Kier molecular flexibility index (Phi) is 3.96. The highest BCUT2D eigenvalue weighted by Crippen LogP contribution is 2.26. The van der Waals surface area contributed by atoms with Gasteiger partial charge in [0.05, 0.1) is 27.5 Å². The number of aryl methyl sites for hydroxylation is 2. The van der Waals surface area contributed by atoms with E-state index in [-0.39, 0.29) is 10.7 Å². The summed E-state index contributed by atoms with van der Waals surface area (Å²) >= 11 is 6.22. The van der Waals surface area contributed by atoms with Gasteiger partial charge in [0.1, 0.15) is 11.8 Å². The number of carbonyl (C=O) groups is 1. The number of nitriles is 1. The van der Waals surface area contributed by atoms with Crippen molar-refractivity contribution in [2.24, 2.45) is 0 Å². The van der Waals surface area contributed by atoms with Crippen molar-refractivity contribution in [2.45, 2.75) is 20.8 Å². The van der Waals surface area contributed by atoms with Gasteiger partial charge in [-0.05, 0) is 44.5 Å². The Morgan fingerprint density at radius 1 is 1.29 bits per heavy atom. The number of anilines is 1. The van der Waals surface area contributed by atoms with Crippen LogP contribution in [0.25, 0.3) is 10.9 Å². The van der Waals surface area contributed by atoms with Crippen LogP contribution in [-0.4, -0.2) is 21.1 Å². The molecule has 1 aromatic carbocycles. The average Bonchev–Trinajstić information content (AvgIpc) is 2.92. The summed E-state index contributed by atoms with van der Waals surface area (Å²) in [6, 6.07) is 7.51. The van der Waals surface area contributed by atoms with Gasteiger partial charge < -0.3 is 5.32 Å². The van der Waals surface area contributed by atoms with Gasteiger partial charge in [-0.25, -0.2) is 4.98 Å². The van der Waals surface area contributed by atoms with E-state index >= 15 is 0 Å². The minimum Gasteiger partial charge on any atom is -0.321 e. The van der Waals surface area contributed by atoms with Crippen molar-refractivity contribution in [1.29, 1.82) is 5.26 Å². The molecule has 0 bridgehead atoms. The van der Waals surface area contributed by atoms with Crippen LogP contribution in [0, 0.1) is 32.1 Å². The van der Waals surface area contributed by atoms with E-state index < -0.39 is 5.91 Å². The second-order valence-corrected chi connectivity index (χ2v) is 5.87. The van der Waals surface area contributed by atoms with Crippen LogP contribution in [0.1, 0.15) is 33.0 Å². The topological polar surface area (TPSA) is 94.5 Å². The molecule has 0 radical (unpaired) electrons. The summed E-state index contributed by atoms with van der Waals surface area (Å²) in [6.07, 6.45) is 0. The maximum atomic E-state index is 12.5. The standard InChI is InChI=1S/C17H14ClN5O/c1-8-13(7-19)9(2)20-16(15(8)18)17(24)21-11-4-5-14-12(6-11)10(3)22-23-14/h4-6H,1-3H3,(H,21,24)(H,22,23). The van der Waals surface area contributed by atoms with Crippen molar-refractivity contribution in [2.75, 3.05) is 5.32 Å². The van der Waals surface area contributed by atoms with Crippen molar-refractivity contribution < 1.29 is 4.79 Å². The molecule has 3 aromatic rings. The monoisotopic (exact) mass is 339 g/mol. The van der Waals surface area contributed by atoms with Crippen LogP contribution in [0.2, 0.25) is 5.02 Å². The summed E-state index contributed by atoms with van der Waals surface area (Å²) in [5.74, 6) is -0.420. The fourth-order valence-corrected chi connectivity index (χ4v) is 2.78. The summed E-state index contributed by atoms with van der Waals surface area (Å²) in [4.78, 5) is 16.7. The van der Waals surface area contributed by atoms with Crippen LogP contribution in [0.3, 0.4) is 0 Å². The van der Waals surface area contributed by atoms with E-state index in [2.05, 4.69) is 26.6 Å². The van der Waals surface area contributed by atoms with Gasteiger partial charge in [0.15, 0.2) is 0 Å². The quantitative estimate of drug-likeness (QED) is 0.744. The number of pyridine rings is 1. The Bertz CT molecular complexity index is 1020. The highest BCUT2D eigenvalue weighted by Gasteiger charge is 2.19. The molecule has 0 unspecified atom stereocenters. The normalized spacial score (nSPS) is 10.6. The van der Waals surface area contributed by atoms with E-state index in [0.29, 0.717) is 22.5 Å². The fraction of sp³-hybridized carbons (Fsp3) is 0.176. The molecule has 24 heavy (non-hydrogen) atoms. The second kappa shape index (κ2) is 5.95. The number of hydrogen-bond donors (Lipinski definition) is 2. The molecule has 0 aliphatic carbocycles. The highest BCUT2D eigenvalue weighted by atomic mass is 35.5. The molecule has 2 aromatic heterocycles. The first-order valence-corrected chi connectivity index (χ1v) is 7.63. The average molecular weight is 340 g/mol. The van der Waals surface area contributed by atoms with E-state index in [0.717, 1.165) is 16.6 Å². The van der Waals surface area contributed by atoms with Gasteiger partial charge in [0, 0.05) is 11.1 Å². The minimum absolute atomic E-state index is 0.106. The molecule has 0 aliphatic heterocycles. The predicted molar refractivity (Wildman–Crippen MR) is 92.2 cm³/mol. The summed E-state index contributed by atoms with van der Waals surface area (Å²) < 4.78 is 0. The summed E-state index contributed by atoms with van der Waals surface area (Å²) in [5.41, 5.74) is 3.90. The van der Waals surface area contributed by atoms with Crippen molar-refractivity contribution in [3.8, 4) is 6.07 Å². The first-order chi connectivity index (χ1) is 11.4. The molecule has 0 fully saturated rings. The van der Waals surface area contributed by atoms with Crippen LogP contribution in [0.5, 0.6) is 0 Å². The van der Waals surface area contributed by atoms with Gasteiger partial charge in [-0.3, -0.25) is 9.89 Å². The maximum Gasteiger partial charge on any atom is 0.275 e. The molecule has 0 saturated heterocycles. The first kappa shape index (κ1) is 16.0. The lowest BCUT2D eigenvalue weighted by atomic mass is 10.1. The number of benzene rings is 1. The van der Waals surface area contributed by atoms with Gasteiger partial charge in [-0.1, -0.05) is 11.6 Å². The van der Waals surface area contributed by atoms with Gasteiger partial charge in [0.25, 0.3) is 5.91 Å². The third kappa shape index (κ3) is 2.59. The van der Waals surface area contributed by atoms with E-state index in [9.17, 15) is 4.79 Å². The number of nitrogens with zero attached hydrogens (tertiary/aromatic N) is 3. The lowest BCUT2D eigenvalue weighted by Gasteiger charge is -2.11. The number of aromatic amines is 1. The van der Waals surface area contributed by atoms with Crippen LogP contribution in [0.15, 0.2) is 18.2 Å². The van der Waals surface area contributed by atoms with E-state index in [4.69, 9.17) is 16.9 Å². The summed E-state index contributed by atoms with van der Waals surface area (Å²) in [5, 5.41) is 20.1. The Labute approximate surface area is 143 Å². The smallest absolute Gasteiger partial charge is 0.275 e. The highest BCUT2D eigenvalue weighted by molar-refractivity contribution is 6.35. The molecular formula is C17H14ClN5O. The zero-order valence-corrected chi connectivity index (χ0v) is 14.1. The lowest BCUT2D eigenvalue weighted by molar-refractivity contribution is 0.102. The van der Waals surface area contributed by atoms with Crippen LogP contribution >= 0.6 is 11.6 Å². The molecule has 1 amide bonds. The zero-order valence-electron chi connectivity index (χ0n) is 13.4. The number of fused-ring (bicyclic) bond motifs is 1. The number of H-pyrrole nitrogens is 1. The number of carbonyl (C=O) groups excluding carboxylic acids is 1. The largest absolute Gasteiger partial charge is 0.321 e. The molecule has 120 valence electrons. The Morgan fingerprint density at radius 3 is 2.75 bits per heavy atom. The second-order valence-electron chi connectivity index (χ2n) is 5.50. The molecule has 0 spiro atoms. The summed E-state index contributed by atoms with van der Waals surface area (Å²) in [7, 11) is 0. The molecule has 3 rings (SSSR count). The molecule has 6 nitrogen and oxygen atoms in total. The number of hydrogen-bond acceptors (Lipinski definition) is 4. The van der Waals surface area contributed by atoms with Crippen LogP contribution < -0.4 is 5.32 Å². The Hall–Kier alpha value is -2.91. The van der Waals surface area contributed by atoms with Gasteiger partial charge in [-0.15, -0.1) is 0 Å². The van der Waals surface area contributed by atoms with Crippen molar-refractivity contribution in [3.63, 3.8) is 0 Å². The fourth-order valence-electron chi connectivity index (χ4n) is 2.56. The molecule has 0 atom stereocenters. The van der Waals surface area contributed by atoms with Crippen molar-refractivity contribution >= 4 is 34.1 Å². The molecular weight excluding hydrogens is 326 g/mol. The first-order valence-electron chi connectivity index (χ1n) is 7.25. The maximum absolute atomic E-state index is 12.5. The van der Waals surface area contributed by atoms with E-state index in [1.165, 1.54) is 0 Å². The molecule has 7 heteroatoms. The van der Waals surface area contributed by atoms with Gasteiger partial charge in [0.2, 0.25) is 0 Å². The lowest BCUT2D eigenvalue weighted by Crippen LogP contribution is -2.16. The molecule has 0 saturated carbocycles. The van der Waals surface area contributed by atoms with Crippen LogP contribution in [0.4, 0.5) is 5.69 Å². The van der Waals surface area contributed by atoms with E-state index in [1.807, 2.05) is 19.1 Å². The number of rotatable bonds is 2. The third-order valence-electron chi connectivity index (χ3n) is 3.89. The predicted octanol–water partition coefficient (Wildman–Crippen LogP) is 3.66. The zero-order chi connectivity index (χ0) is 17.4. The minimum atomic E-state index is -0.420. The number of halogens is 1. The third-order valence-corrected chi connectivity index (χ3v) is 4.35. The molecule has 2 N–H and O–H groups in total. The summed E-state index contributed by atoms with van der Waals surface area (Å²) in [6.45, 7) is 5.27. The SMILES string of the molecule is Cc1nc(C(=O)Nc2ccc3[nH]nc(C)c3c2)c(Cl)c(C)c1C#N. The Morgan fingerprint density at radius 2 is 2.04 bits per heavy atom. The number of aromatic nitrogens is 3. The van der Waals surface area contributed by atoms with E-state index in [1.54, 1.807) is 19.9 Å². The number of nitrogens with one attached hydrogen (secondary N) is 2. The van der Waals surface area contributed by atoms with Gasteiger partial charge >= 0.3 is 0 Å². The molecule has 0 aliphatic rings. The van der Waals surface area contributed by atoms with Crippen LogP contribution in [-0.2, 0) is 0 Å². The Balaban J connectivity index is 1.97. The van der Waals surface area contributed by atoms with Crippen molar-refractivity contribution in [1.82, 2.24) is 15.2 Å². The van der Waals surface area contributed by atoms with Gasteiger partial charge in [-0.2, -0.15) is 10.4 Å².